The third-order valence-electron chi connectivity index (χ3n) is 7.84. The predicted molar refractivity (Wildman–Crippen MR) is 192 cm³/mol. The molecule has 0 rings (SSSR count). The number of carbonyl (C=O) groups is 2. The van der Waals surface area contributed by atoms with Gasteiger partial charge in [-0.1, -0.05) is 134 Å². The number of phosphoric ester groups is 1. The second-order valence-corrected chi connectivity index (χ2v) is 13.9. The SMILES string of the molecule is CCCCC/C=C\C/C=C\CCCCCCCC(=O)OC(COC(=O)CCCCCCCCCCCCC)COP(=O)(O)OCCN. The van der Waals surface area contributed by atoms with E-state index in [0.29, 0.717) is 6.42 Å². The van der Waals surface area contributed by atoms with Crippen LogP contribution in [0.3, 0.4) is 0 Å². The first kappa shape index (κ1) is 45.5. The van der Waals surface area contributed by atoms with Crippen LogP contribution >= 0.6 is 7.82 Å². The number of carbonyl (C=O) groups excluding carboxylic acids is 2. The average molecular weight is 688 g/mol. The maximum Gasteiger partial charge on any atom is 0.472 e. The minimum Gasteiger partial charge on any atom is -0.462 e. The van der Waals surface area contributed by atoms with E-state index in [1.165, 1.54) is 77.0 Å². The Bertz CT molecular complexity index is 835. The van der Waals surface area contributed by atoms with E-state index in [4.69, 9.17) is 24.3 Å². The Balaban J connectivity index is 4.25. The van der Waals surface area contributed by atoms with E-state index in [1.54, 1.807) is 0 Å². The number of allylic oxidation sites excluding steroid dienone is 4. The second-order valence-electron chi connectivity index (χ2n) is 12.4. The molecule has 47 heavy (non-hydrogen) atoms. The quantitative estimate of drug-likeness (QED) is 0.0289. The number of esters is 2. The van der Waals surface area contributed by atoms with Gasteiger partial charge in [-0.25, -0.2) is 4.57 Å². The number of rotatable bonds is 35. The highest BCUT2D eigenvalue weighted by atomic mass is 31.2. The Morgan fingerprint density at radius 2 is 1.11 bits per heavy atom. The van der Waals surface area contributed by atoms with Crippen molar-refractivity contribution in [2.75, 3.05) is 26.4 Å². The lowest BCUT2D eigenvalue weighted by Crippen LogP contribution is -2.29. The molecule has 0 heterocycles. The van der Waals surface area contributed by atoms with E-state index < -0.39 is 26.5 Å². The topological polar surface area (TPSA) is 134 Å². The van der Waals surface area contributed by atoms with Gasteiger partial charge in [0.1, 0.15) is 6.61 Å². The number of hydrogen-bond acceptors (Lipinski definition) is 8. The zero-order valence-electron chi connectivity index (χ0n) is 30.0. The summed E-state index contributed by atoms with van der Waals surface area (Å²) in [6.07, 6.45) is 33.5. The van der Waals surface area contributed by atoms with Gasteiger partial charge in [-0.2, -0.15) is 0 Å². The highest BCUT2D eigenvalue weighted by Gasteiger charge is 2.25. The van der Waals surface area contributed by atoms with Crippen molar-refractivity contribution >= 4 is 19.8 Å². The van der Waals surface area contributed by atoms with Crippen LogP contribution in [0.2, 0.25) is 0 Å². The maximum absolute atomic E-state index is 12.5. The van der Waals surface area contributed by atoms with E-state index in [9.17, 15) is 19.0 Å². The van der Waals surface area contributed by atoms with Gasteiger partial charge in [-0.3, -0.25) is 18.6 Å². The van der Waals surface area contributed by atoms with Crippen molar-refractivity contribution in [2.45, 2.75) is 174 Å². The number of unbranched alkanes of at least 4 members (excludes halogenated alkanes) is 18. The molecule has 0 aromatic heterocycles. The van der Waals surface area contributed by atoms with Crippen LogP contribution < -0.4 is 5.73 Å². The van der Waals surface area contributed by atoms with E-state index in [-0.39, 0.29) is 38.6 Å². The van der Waals surface area contributed by atoms with Crippen LogP contribution in [-0.4, -0.2) is 49.3 Å². The summed E-state index contributed by atoms with van der Waals surface area (Å²) in [7, 11) is -4.37. The second kappa shape index (κ2) is 34.4. The third-order valence-corrected chi connectivity index (χ3v) is 8.82. The fourth-order valence-electron chi connectivity index (χ4n) is 5.02. The fourth-order valence-corrected chi connectivity index (χ4v) is 5.78. The van der Waals surface area contributed by atoms with Gasteiger partial charge in [0.15, 0.2) is 6.10 Å². The van der Waals surface area contributed by atoms with Gasteiger partial charge >= 0.3 is 19.8 Å². The Morgan fingerprint density at radius 1 is 0.638 bits per heavy atom. The Morgan fingerprint density at radius 3 is 1.66 bits per heavy atom. The molecule has 10 heteroatoms. The Kier molecular flexibility index (Phi) is 33.3. The first-order valence-electron chi connectivity index (χ1n) is 18.8. The molecular formula is C37H70NO8P. The molecule has 0 spiro atoms. The molecule has 3 N–H and O–H groups in total. The van der Waals surface area contributed by atoms with Gasteiger partial charge in [-0.05, 0) is 44.9 Å². The van der Waals surface area contributed by atoms with E-state index >= 15 is 0 Å². The summed E-state index contributed by atoms with van der Waals surface area (Å²) >= 11 is 0. The largest absolute Gasteiger partial charge is 0.472 e. The van der Waals surface area contributed by atoms with E-state index in [0.717, 1.165) is 57.8 Å². The molecule has 0 bridgehead atoms. The molecule has 2 atom stereocenters. The molecule has 0 amide bonds. The van der Waals surface area contributed by atoms with Gasteiger partial charge in [0.2, 0.25) is 0 Å². The van der Waals surface area contributed by atoms with Crippen molar-refractivity contribution in [2.24, 2.45) is 5.73 Å². The van der Waals surface area contributed by atoms with Gasteiger partial charge < -0.3 is 20.1 Å². The van der Waals surface area contributed by atoms with Gasteiger partial charge in [0, 0.05) is 19.4 Å². The molecular weight excluding hydrogens is 617 g/mol. The van der Waals surface area contributed by atoms with Crippen molar-refractivity contribution in [3.63, 3.8) is 0 Å². The summed E-state index contributed by atoms with van der Waals surface area (Å²) in [5, 5.41) is 0. The monoisotopic (exact) mass is 687 g/mol. The van der Waals surface area contributed by atoms with Crippen LogP contribution in [-0.2, 0) is 32.7 Å². The van der Waals surface area contributed by atoms with Crippen LogP contribution in [0.25, 0.3) is 0 Å². The molecule has 2 unspecified atom stereocenters. The molecule has 276 valence electrons. The molecule has 0 saturated carbocycles. The maximum atomic E-state index is 12.5. The summed E-state index contributed by atoms with van der Waals surface area (Å²) in [6, 6.07) is 0. The summed E-state index contributed by atoms with van der Waals surface area (Å²) in [5.74, 6) is -0.844. The van der Waals surface area contributed by atoms with Gasteiger partial charge in [0.25, 0.3) is 0 Å². The number of phosphoric acid groups is 1. The third kappa shape index (κ3) is 34.2. The van der Waals surface area contributed by atoms with Crippen molar-refractivity contribution in [1.82, 2.24) is 0 Å². The molecule has 0 aromatic carbocycles. The molecule has 0 aliphatic rings. The van der Waals surface area contributed by atoms with Crippen LogP contribution in [0.15, 0.2) is 24.3 Å². The molecule has 0 radical (unpaired) electrons. The molecule has 0 aromatic rings. The Labute approximate surface area is 287 Å². The van der Waals surface area contributed by atoms with Crippen molar-refractivity contribution in [3.05, 3.63) is 24.3 Å². The molecule has 0 fully saturated rings. The fraction of sp³-hybridized carbons (Fsp3) is 0.838. The normalized spacial score (nSPS) is 13.7. The van der Waals surface area contributed by atoms with E-state index in [2.05, 4.69) is 38.2 Å². The number of nitrogens with two attached hydrogens (primary N) is 1. The highest BCUT2D eigenvalue weighted by Crippen LogP contribution is 2.43. The zero-order chi connectivity index (χ0) is 34.7. The number of ether oxygens (including phenoxy) is 2. The molecule has 9 nitrogen and oxygen atoms in total. The lowest BCUT2D eigenvalue weighted by molar-refractivity contribution is -0.161. The van der Waals surface area contributed by atoms with Crippen LogP contribution in [0, 0.1) is 0 Å². The summed E-state index contributed by atoms with van der Waals surface area (Å²) in [5.41, 5.74) is 5.32. The van der Waals surface area contributed by atoms with Crippen LogP contribution in [0.1, 0.15) is 168 Å². The smallest absolute Gasteiger partial charge is 0.462 e. The highest BCUT2D eigenvalue weighted by molar-refractivity contribution is 7.47. The van der Waals surface area contributed by atoms with E-state index in [1.807, 2.05) is 0 Å². The van der Waals surface area contributed by atoms with Gasteiger partial charge in [0.05, 0.1) is 13.2 Å². The van der Waals surface area contributed by atoms with Crippen molar-refractivity contribution in [1.29, 1.82) is 0 Å². The summed E-state index contributed by atoms with van der Waals surface area (Å²) < 4.78 is 32.6. The zero-order valence-corrected chi connectivity index (χ0v) is 30.9. The predicted octanol–water partition coefficient (Wildman–Crippen LogP) is 10.0. The minimum absolute atomic E-state index is 0.0521. The standard InChI is InChI=1S/C37H70NO8P/c1-3-5-7-9-11-13-15-16-17-18-20-22-24-26-28-30-37(40)46-35(34-45-47(41,42)44-32-31-38)33-43-36(39)29-27-25-23-21-19-14-12-10-8-6-4-2/h11,13,16-17,35H,3-10,12,14-15,18-34,38H2,1-2H3,(H,41,42)/b13-11-,17-16-. The minimum atomic E-state index is -4.37. The molecule has 0 aliphatic heterocycles. The average Bonchev–Trinajstić information content (AvgIpc) is 3.05. The lowest BCUT2D eigenvalue weighted by Gasteiger charge is -2.19. The summed E-state index contributed by atoms with van der Waals surface area (Å²) in [6.45, 7) is 3.67. The first-order valence-corrected chi connectivity index (χ1v) is 20.3. The lowest BCUT2D eigenvalue weighted by atomic mass is 10.1. The van der Waals surface area contributed by atoms with Crippen LogP contribution in [0.5, 0.6) is 0 Å². The van der Waals surface area contributed by atoms with Crippen LogP contribution in [0.4, 0.5) is 0 Å². The Hall–Kier alpha value is -1.51. The van der Waals surface area contributed by atoms with Gasteiger partial charge in [-0.15, -0.1) is 0 Å². The molecule has 0 saturated heterocycles. The molecule has 0 aliphatic carbocycles. The number of hydrogen-bond donors (Lipinski definition) is 2. The first-order chi connectivity index (χ1) is 22.8. The van der Waals surface area contributed by atoms with Crippen molar-refractivity contribution in [3.8, 4) is 0 Å². The summed E-state index contributed by atoms with van der Waals surface area (Å²) in [4.78, 5) is 34.6. The van der Waals surface area contributed by atoms with Crippen molar-refractivity contribution < 1.29 is 37.6 Å².